The summed E-state index contributed by atoms with van der Waals surface area (Å²) in [5.74, 6) is -2.51. The fourth-order valence-corrected chi connectivity index (χ4v) is 3.84. The molecule has 1 aromatic rings. The molecule has 29 heavy (non-hydrogen) atoms. The van der Waals surface area contributed by atoms with Crippen molar-refractivity contribution < 1.29 is 24.5 Å². The first-order valence-corrected chi connectivity index (χ1v) is 10.4. The summed E-state index contributed by atoms with van der Waals surface area (Å²) in [4.78, 5) is 19.1. The molecule has 6 nitrogen and oxygen atoms in total. The molecular formula is C22H32ClNO5. The lowest BCUT2D eigenvalue weighted by Gasteiger charge is -2.48. The summed E-state index contributed by atoms with van der Waals surface area (Å²) >= 11 is 6.04. The van der Waals surface area contributed by atoms with Crippen molar-refractivity contribution in [3.05, 3.63) is 47.0 Å². The van der Waals surface area contributed by atoms with E-state index in [1.165, 1.54) is 37.7 Å². The van der Waals surface area contributed by atoms with Crippen LogP contribution in [-0.4, -0.2) is 48.5 Å². The van der Waals surface area contributed by atoms with Crippen LogP contribution in [0.3, 0.4) is 0 Å². The molecule has 1 aliphatic carbocycles. The number of carbonyl (C=O) groups is 2. The van der Waals surface area contributed by atoms with Crippen LogP contribution in [0.15, 0.2) is 36.4 Å². The maximum absolute atomic E-state index is 9.55. The standard InChI is InChI=1S/C18H28ClNO.C4H4O4/c1-3-21-14-5-4-7-17(20-2)18(12-6-13-18)15-8-10-16(19)11-9-15;5-3(6)1-2-4(7)8/h8-11,17,20H,3-7,12-14H2,1-2H3;1-2H,(H,5,6)(H,7,8)/b;2-1-. The molecule has 0 bridgehead atoms. The maximum atomic E-state index is 9.55. The smallest absolute Gasteiger partial charge is 0.328 e. The number of carboxylic acids is 2. The number of ether oxygens (including phenoxy) is 1. The number of aliphatic carboxylic acids is 2. The van der Waals surface area contributed by atoms with Gasteiger partial charge in [0.05, 0.1) is 0 Å². The molecular weight excluding hydrogens is 394 g/mol. The number of hydrogen-bond donors (Lipinski definition) is 3. The van der Waals surface area contributed by atoms with Crippen LogP contribution in [0, 0.1) is 0 Å². The monoisotopic (exact) mass is 425 g/mol. The molecule has 0 radical (unpaired) electrons. The summed E-state index contributed by atoms with van der Waals surface area (Å²) < 4.78 is 5.44. The molecule has 1 saturated carbocycles. The minimum Gasteiger partial charge on any atom is -0.478 e. The van der Waals surface area contributed by atoms with Crippen molar-refractivity contribution in [2.75, 3.05) is 20.3 Å². The van der Waals surface area contributed by atoms with E-state index >= 15 is 0 Å². The first kappa shape index (κ1) is 25.1. The third kappa shape index (κ3) is 8.56. The highest BCUT2D eigenvalue weighted by Gasteiger charge is 2.44. The zero-order valence-electron chi connectivity index (χ0n) is 17.2. The van der Waals surface area contributed by atoms with Crippen LogP contribution < -0.4 is 5.32 Å². The second-order valence-corrected chi connectivity index (χ2v) is 7.50. The molecule has 1 unspecified atom stereocenters. The quantitative estimate of drug-likeness (QED) is 0.362. The molecule has 3 N–H and O–H groups in total. The van der Waals surface area contributed by atoms with E-state index in [1.807, 2.05) is 12.1 Å². The van der Waals surface area contributed by atoms with Crippen molar-refractivity contribution in [3.8, 4) is 0 Å². The molecule has 1 aromatic carbocycles. The van der Waals surface area contributed by atoms with Gasteiger partial charge in [0.15, 0.2) is 0 Å². The Morgan fingerprint density at radius 2 is 1.76 bits per heavy atom. The van der Waals surface area contributed by atoms with Gasteiger partial charge < -0.3 is 20.3 Å². The van der Waals surface area contributed by atoms with Crippen LogP contribution in [0.4, 0.5) is 0 Å². The Balaban J connectivity index is 0.000000447. The lowest BCUT2D eigenvalue weighted by atomic mass is 9.59. The van der Waals surface area contributed by atoms with Crippen LogP contribution in [0.2, 0.25) is 5.02 Å². The molecule has 7 heteroatoms. The van der Waals surface area contributed by atoms with Gasteiger partial charge in [0.25, 0.3) is 0 Å². The number of rotatable bonds is 11. The Labute approximate surface area is 177 Å². The van der Waals surface area contributed by atoms with Crippen molar-refractivity contribution in [1.82, 2.24) is 5.32 Å². The Kier molecular flexibility index (Phi) is 11.6. The van der Waals surface area contributed by atoms with Crippen LogP contribution in [0.1, 0.15) is 51.0 Å². The number of benzene rings is 1. The van der Waals surface area contributed by atoms with E-state index < -0.39 is 11.9 Å². The zero-order chi connectivity index (χ0) is 21.7. The number of likely N-dealkylation sites (N-methyl/N-ethyl adjacent to an activating group) is 1. The van der Waals surface area contributed by atoms with Gasteiger partial charge in [-0.05, 0) is 63.8 Å². The van der Waals surface area contributed by atoms with Crippen molar-refractivity contribution >= 4 is 23.5 Å². The highest BCUT2D eigenvalue weighted by Crippen LogP contribution is 2.47. The van der Waals surface area contributed by atoms with Crippen LogP contribution in [-0.2, 0) is 19.7 Å². The van der Waals surface area contributed by atoms with Crippen LogP contribution in [0.25, 0.3) is 0 Å². The fraction of sp³-hybridized carbons (Fsp3) is 0.545. The number of halogens is 1. The molecule has 0 aromatic heterocycles. The Morgan fingerprint density at radius 3 is 2.17 bits per heavy atom. The summed E-state index contributed by atoms with van der Waals surface area (Å²) in [7, 11) is 2.10. The van der Waals surface area contributed by atoms with Gasteiger partial charge in [-0.3, -0.25) is 0 Å². The van der Waals surface area contributed by atoms with Gasteiger partial charge in [0.2, 0.25) is 0 Å². The van der Waals surface area contributed by atoms with Gasteiger partial charge in [0.1, 0.15) is 0 Å². The van der Waals surface area contributed by atoms with E-state index in [1.54, 1.807) is 0 Å². The molecule has 0 aliphatic heterocycles. The number of unbranched alkanes of at least 4 members (excludes halogenated alkanes) is 1. The number of nitrogens with one attached hydrogen (secondary N) is 1. The van der Waals surface area contributed by atoms with Gasteiger partial charge in [-0.15, -0.1) is 0 Å². The van der Waals surface area contributed by atoms with Gasteiger partial charge in [-0.2, -0.15) is 0 Å². The Hall–Kier alpha value is -1.89. The molecule has 1 aliphatic rings. The van der Waals surface area contributed by atoms with E-state index in [2.05, 4.69) is 31.4 Å². The number of carboxylic acid groups (broad SMARTS) is 2. The van der Waals surface area contributed by atoms with E-state index in [-0.39, 0.29) is 0 Å². The third-order valence-electron chi connectivity index (χ3n) is 5.28. The van der Waals surface area contributed by atoms with E-state index in [0.717, 1.165) is 24.7 Å². The molecule has 0 amide bonds. The molecule has 2 rings (SSSR count). The number of hydrogen-bond acceptors (Lipinski definition) is 4. The van der Waals surface area contributed by atoms with Gasteiger partial charge in [-0.1, -0.05) is 30.2 Å². The zero-order valence-corrected chi connectivity index (χ0v) is 18.0. The van der Waals surface area contributed by atoms with E-state index in [0.29, 0.717) is 23.6 Å². The highest BCUT2D eigenvalue weighted by atomic mass is 35.5. The summed E-state index contributed by atoms with van der Waals surface area (Å²) in [6, 6.07) is 9.03. The SMILES string of the molecule is CCOCCCCC(NC)C1(c2ccc(Cl)cc2)CCC1.O=C(O)/C=C\C(=O)O. The minimum atomic E-state index is -1.26. The summed E-state index contributed by atoms with van der Waals surface area (Å²) in [6.07, 6.45) is 8.61. The lowest BCUT2D eigenvalue weighted by molar-refractivity contribution is -0.134. The van der Waals surface area contributed by atoms with Crippen LogP contribution in [0.5, 0.6) is 0 Å². The molecule has 0 heterocycles. The second kappa shape index (κ2) is 13.4. The van der Waals surface area contributed by atoms with Gasteiger partial charge in [-0.25, -0.2) is 9.59 Å². The van der Waals surface area contributed by atoms with Crippen LogP contribution >= 0.6 is 11.6 Å². The first-order valence-electron chi connectivity index (χ1n) is 10.0. The van der Waals surface area contributed by atoms with E-state index in [4.69, 9.17) is 26.6 Å². The summed E-state index contributed by atoms with van der Waals surface area (Å²) in [5.41, 5.74) is 1.76. The summed E-state index contributed by atoms with van der Waals surface area (Å²) in [5, 5.41) is 20.0. The van der Waals surface area contributed by atoms with Gasteiger partial charge in [0, 0.05) is 41.8 Å². The molecule has 162 valence electrons. The first-order chi connectivity index (χ1) is 13.9. The third-order valence-corrected chi connectivity index (χ3v) is 5.54. The average molecular weight is 426 g/mol. The minimum absolute atomic E-state index is 0.310. The second-order valence-electron chi connectivity index (χ2n) is 7.06. The fourth-order valence-electron chi connectivity index (χ4n) is 3.71. The van der Waals surface area contributed by atoms with Crippen molar-refractivity contribution in [2.45, 2.75) is 56.9 Å². The lowest BCUT2D eigenvalue weighted by Crippen LogP contribution is -2.51. The largest absolute Gasteiger partial charge is 0.478 e. The summed E-state index contributed by atoms with van der Waals surface area (Å²) in [6.45, 7) is 3.77. The average Bonchev–Trinajstić information content (AvgIpc) is 2.65. The molecule has 1 atom stereocenters. The van der Waals surface area contributed by atoms with Crippen molar-refractivity contribution in [2.24, 2.45) is 0 Å². The highest BCUT2D eigenvalue weighted by molar-refractivity contribution is 6.30. The Bertz CT molecular complexity index is 640. The van der Waals surface area contributed by atoms with E-state index in [9.17, 15) is 9.59 Å². The molecule has 0 spiro atoms. The topological polar surface area (TPSA) is 95.9 Å². The normalized spacial score (nSPS) is 15.8. The molecule has 0 saturated heterocycles. The van der Waals surface area contributed by atoms with Crippen molar-refractivity contribution in [1.29, 1.82) is 0 Å². The predicted molar refractivity (Wildman–Crippen MR) is 115 cm³/mol. The Morgan fingerprint density at radius 1 is 1.17 bits per heavy atom. The molecule has 1 fully saturated rings. The van der Waals surface area contributed by atoms with Gasteiger partial charge >= 0.3 is 11.9 Å². The maximum Gasteiger partial charge on any atom is 0.328 e. The predicted octanol–water partition coefficient (Wildman–Crippen LogP) is 4.27. The van der Waals surface area contributed by atoms with Crippen molar-refractivity contribution in [3.63, 3.8) is 0 Å².